The summed E-state index contributed by atoms with van der Waals surface area (Å²) < 4.78 is 2.02. The van der Waals surface area contributed by atoms with Gasteiger partial charge in [0, 0.05) is 44.6 Å². The Labute approximate surface area is 143 Å². The van der Waals surface area contributed by atoms with Gasteiger partial charge in [-0.2, -0.15) is 5.10 Å². The second-order valence-electron chi connectivity index (χ2n) is 6.75. The van der Waals surface area contributed by atoms with Crippen LogP contribution in [0.5, 0.6) is 0 Å². The lowest BCUT2D eigenvalue weighted by Crippen LogP contribution is -2.41. The van der Waals surface area contributed by atoms with E-state index in [0.29, 0.717) is 6.04 Å². The summed E-state index contributed by atoms with van der Waals surface area (Å²) in [5.41, 5.74) is 1.97. The number of piperidine rings is 1. The number of likely N-dealkylation sites (tertiary alicyclic amines) is 1. The van der Waals surface area contributed by atoms with E-state index in [1.807, 2.05) is 41.3 Å². The predicted molar refractivity (Wildman–Crippen MR) is 94.7 cm³/mol. The molecule has 0 unspecified atom stereocenters. The first-order valence-corrected chi connectivity index (χ1v) is 8.65. The maximum Gasteiger partial charge on any atom is 0.253 e. The van der Waals surface area contributed by atoms with E-state index in [1.54, 1.807) is 19.0 Å². The van der Waals surface area contributed by atoms with Crippen molar-refractivity contribution in [3.8, 4) is 0 Å². The quantitative estimate of drug-likeness (QED) is 0.848. The van der Waals surface area contributed by atoms with E-state index in [1.165, 1.54) is 24.8 Å². The maximum absolute atomic E-state index is 12.2. The molecular formula is C19H26N4O. The van der Waals surface area contributed by atoms with Crippen LogP contribution in [0.4, 0.5) is 0 Å². The van der Waals surface area contributed by atoms with Gasteiger partial charge in [0.1, 0.15) is 0 Å². The van der Waals surface area contributed by atoms with Gasteiger partial charge in [-0.15, -0.1) is 0 Å². The average Bonchev–Trinajstić information content (AvgIpc) is 3.09. The highest BCUT2D eigenvalue weighted by Crippen LogP contribution is 2.21. The van der Waals surface area contributed by atoms with E-state index in [4.69, 9.17) is 0 Å². The molecule has 1 aromatic carbocycles. The van der Waals surface area contributed by atoms with E-state index in [0.717, 1.165) is 25.2 Å². The Morgan fingerprint density at radius 3 is 2.92 bits per heavy atom. The first-order chi connectivity index (χ1) is 11.6. The molecule has 0 aliphatic carbocycles. The van der Waals surface area contributed by atoms with E-state index in [2.05, 4.69) is 16.1 Å². The van der Waals surface area contributed by atoms with Crippen LogP contribution in [0.15, 0.2) is 42.7 Å². The zero-order chi connectivity index (χ0) is 16.9. The van der Waals surface area contributed by atoms with Gasteiger partial charge in [0.25, 0.3) is 5.91 Å². The van der Waals surface area contributed by atoms with Gasteiger partial charge in [0.15, 0.2) is 0 Å². The molecule has 0 radical (unpaired) electrons. The molecule has 24 heavy (non-hydrogen) atoms. The van der Waals surface area contributed by atoms with E-state index in [9.17, 15) is 4.79 Å². The molecule has 5 heteroatoms. The van der Waals surface area contributed by atoms with Crippen molar-refractivity contribution < 1.29 is 4.79 Å². The molecule has 0 bridgehead atoms. The van der Waals surface area contributed by atoms with Gasteiger partial charge in [0.05, 0.1) is 6.54 Å². The van der Waals surface area contributed by atoms with Crippen LogP contribution in [-0.2, 0) is 13.1 Å². The number of hydrogen-bond donors (Lipinski definition) is 0. The third-order valence-electron chi connectivity index (χ3n) is 4.67. The van der Waals surface area contributed by atoms with Gasteiger partial charge in [-0.25, -0.2) is 0 Å². The first kappa shape index (κ1) is 16.7. The number of benzene rings is 1. The number of carbonyl (C=O) groups excluding carboxylic acids is 1. The number of nitrogens with zero attached hydrogens (tertiary/aromatic N) is 4. The van der Waals surface area contributed by atoms with Crippen LogP contribution in [0.25, 0.3) is 0 Å². The molecule has 3 rings (SSSR count). The van der Waals surface area contributed by atoms with Crippen molar-refractivity contribution >= 4 is 5.91 Å². The van der Waals surface area contributed by atoms with Crippen molar-refractivity contribution in [2.75, 3.05) is 20.6 Å². The third-order valence-corrected chi connectivity index (χ3v) is 4.67. The molecule has 1 aromatic heterocycles. The molecule has 1 aliphatic rings. The lowest BCUT2D eigenvalue weighted by atomic mass is 10.0. The second-order valence-corrected chi connectivity index (χ2v) is 6.75. The van der Waals surface area contributed by atoms with Crippen molar-refractivity contribution in [2.24, 2.45) is 0 Å². The van der Waals surface area contributed by atoms with Crippen LogP contribution in [-0.4, -0.2) is 52.2 Å². The average molecular weight is 326 g/mol. The minimum atomic E-state index is 0.0589. The Morgan fingerprint density at radius 2 is 2.17 bits per heavy atom. The highest BCUT2D eigenvalue weighted by molar-refractivity contribution is 5.94. The van der Waals surface area contributed by atoms with Gasteiger partial charge < -0.3 is 4.90 Å². The highest BCUT2D eigenvalue weighted by Gasteiger charge is 2.23. The number of rotatable bonds is 5. The number of carbonyl (C=O) groups is 1. The summed E-state index contributed by atoms with van der Waals surface area (Å²) in [4.78, 5) is 16.3. The van der Waals surface area contributed by atoms with E-state index in [-0.39, 0.29) is 5.91 Å². The number of hydrogen-bond acceptors (Lipinski definition) is 3. The molecule has 2 aromatic rings. The van der Waals surface area contributed by atoms with E-state index < -0.39 is 0 Å². The zero-order valence-electron chi connectivity index (χ0n) is 14.6. The minimum absolute atomic E-state index is 0.0589. The molecule has 5 nitrogen and oxygen atoms in total. The summed E-state index contributed by atoms with van der Waals surface area (Å²) in [5, 5.41) is 4.35. The molecule has 0 spiro atoms. The molecule has 1 aliphatic heterocycles. The molecular weight excluding hydrogens is 300 g/mol. The summed E-state index contributed by atoms with van der Waals surface area (Å²) in [7, 11) is 3.58. The fourth-order valence-electron chi connectivity index (χ4n) is 3.39. The normalized spacial score (nSPS) is 18.5. The molecule has 1 saturated heterocycles. The minimum Gasteiger partial charge on any atom is -0.345 e. The lowest BCUT2D eigenvalue weighted by molar-refractivity contribution is 0.0827. The van der Waals surface area contributed by atoms with Crippen molar-refractivity contribution in [3.05, 3.63) is 53.9 Å². The zero-order valence-corrected chi connectivity index (χ0v) is 14.6. The largest absolute Gasteiger partial charge is 0.345 e. The molecule has 2 heterocycles. The second kappa shape index (κ2) is 7.62. The van der Waals surface area contributed by atoms with Gasteiger partial charge in [-0.3, -0.25) is 14.4 Å². The van der Waals surface area contributed by atoms with Crippen LogP contribution in [0.3, 0.4) is 0 Å². The summed E-state index contributed by atoms with van der Waals surface area (Å²) in [5.74, 6) is 0.0589. The van der Waals surface area contributed by atoms with E-state index >= 15 is 0 Å². The fraction of sp³-hybridized carbons (Fsp3) is 0.474. The van der Waals surface area contributed by atoms with Crippen molar-refractivity contribution in [1.29, 1.82) is 0 Å². The highest BCUT2D eigenvalue weighted by atomic mass is 16.2. The molecule has 128 valence electrons. The Hall–Kier alpha value is -2.14. The third kappa shape index (κ3) is 4.03. The molecule has 1 fully saturated rings. The Balaban J connectivity index is 1.71. The summed E-state index contributed by atoms with van der Waals surface area (Å²) >= 11 is 0. The Morgan fingerprint density at radius 1 is 1.29 bits per heavy atom. The van der Waals surface area contributed by atoms with Gasteiger partial charge in [0.2, 0.25) is 0 Å². The number of amides is 1. The van der Waals surface area contributed by atoms with Gasteiger partial charge >= 0.3 is 0 Å². The standard InChI is InChI=1S/C19H26N4O/c1-21(2)19(24)17-8-5-7-16(13-17)14-22-11-4-3-9-18(22)15-23-12-6-10-20-23/h5-8,10,12-13,18H,3-4,9,11,14-15H2,1-2H3/t18-/m0/s1. The van der Waals surface area contributed by atoms with Crippen LogP contribution in [0.1, 0.15) is 35.2 Å². The monoisotopic (exact) mass is 326 g/mol. The molecule has 0 N–H and O–H groups in total. The van der Waals surface area contributed by atoms with Crippen LogP contribution in [0.2, 0.25) is 0 Å². The lowest BCUT2D eigenvalue weighted by Gasteiger charge is -2.35. The number of aromatic nitrogens is 2. The molecule has 1 atom stereocenters. The van der Waals surface area contributed by atoms with Crippen LogP contribution >= 0.6 is 0 Å². The molecule has 1 amide bonds. The Kier molecular flexibility index (Phi) is 5.30. The summed E-state index contributed by atoms with van der Waals surface area (Å²) in [6.07, 6.45) is 7.59. The first-order valence-electron chi connectivity index (χ1n) is 8.65. The summed E-state index contributed by atoms with van der Waals surface area (Å²) in [6.45, 7) is 2.93. The smallest absolute Gasteiger partial charge is 0.253 e. The van der Waals surface area contributed by atoms with Gasteiger partial charge in [-0.05, 0) is 43.1 Å². The van der Waals surface area contributed by atoms with Gasteiger partial charge in [-0.1, -0.05) is 18.6 Å². The fourth-order valence-corrected chi connectivity index (χ4v) is 3.39. The summed E-state index contributed by atoms with van der Waals surface area (Å²) in [6, 6.07) is 10.5. The Bertz CT molecular complexity index is 666. The predicted octanol–water partition coefficient (Wildman–Crippen LogP) is 2.64. The van der Waals surface area contributed by atoms with Crippen molar-refractivity contribution in [2.45, 2.75) is 38.4 Å². The van der Waals surface area contributed by atoms with Crippen molar-refractivity contribution in [1.82, 2.24) is 19.6 Å². The maximum atomic E-state index is 12.2. The SMILES string of the molecule is CN(C)C(=O)c1cccc(CN2CCCC[C@H]2Cn2cccn2)c1. The van der Waals surface area contributed by atoms with Crippen LogP contribution < -0.4 is 0 Å². The topological polar surface area (TPSA) is 41.4 Å². The van der Waals surface area contributed by atoms with Crippen LogP contribution in [0, 0.1) is 0 Å². The van der Waals surface area contributed by atoms with Crippen molar-refractivity contribution in [3.63, 3.8) is 0 Å². The molecule has 0 saturated carbocycles.